The van der Waals surface area contributed by atoms with Crippen LogP contribution >= 0.6 is 0 Å². The summed E-state index contributed by atoms with van der Waals surface area (Å²) in [4.78, 5) is 0.378. The molecule has 0 saturated heterocycles. The highest BCUT2D eigenvalue weighted by molar-refractivity contribution is 7.92. The molecule has 188 valence electrons. The molecule has 0 aliphatic carbocycles. The van der Waals surface area contributed by atoms with Gasteiger partial charge in [0, 0.05) is 12.6 Å². The van der Waals surface area contributed by atoms with Gasteiger partial charge in [0.05, 0.1) is 34.4 Å². The van der Waals surface area contributed by atoms with Gasteiger partial charge < -0.3 is 20.6 Å². The molecule has 5 N–H and O–H groups in total. The summed E-state index contributed by atoms with van der Waals surface area (Å²) in [5.41, 5.74) is 1.12. The molecule has 0 aliphatic rings. The van der Waals surface area contributed by atoms with Gasteiger partial charge in [0.25, 0.3) is 0 Å². The monoisotopic (exact) mass is 520 g/mol. The van der Waals surface area contributed by atoms with Gasteiger partial charge in [0.1, 0.15) is 5.75 Å². The van der Waals surface area contributed by atoms with Crippen LogP contribution in [0.2, 0.25) is 0 Å². The van der Waals surface area contributed by atoms with Crippen molar-refractivity contribution in [1.82, 2.24) is 5.32 Å². The fourth-order valence-corrected chi connectivity index (χ4v) is 5.31. The Morgan fingerprint density at radius 2 is 1.51 bits per heavy atom. The number of rotatable bonds is 11. The van der Waals surface area contributed by atoms with Gasteiger partial charge in [-0.1, -0.05) is 36.4 Å². The number of phenols is 1. The average molecular weight is 521 g/mol. The fraction of sp³-hybridized carbons (Fsp3) is 0.250. The molecule has 35 heavy (non-hydrogen) atoms. The highest BCUT2D eigenvalue weighted by atomic mass is 32.2. The van der Waals surface area contributed by atoms with Crippen LogP contribution in [0, 0.1) is 0 Å². The van der Waals surface area contributed by atoms with Crippen molar-refractivity contribution in [3.63, 3.8) is 0 Å². The van der Waals surface area contributed by atoms with E-state index in [1.165, 1.54) is 42.5 Å². The molecule has 2 atom stereocenters. The van der Waals surface area contributed by atoms with E-state index in [9.17, 15) is 32.2 Å². The summed E-state index contributed by atoms with van der Waals surface area (Å²) >= 11 is 0. The highest BCUT2D eigenvalue weighted by Crippen LogP contribution is 2.28. The standard InChI is InChI=1S/C24H28N2O7S2/c1-34(30,31)26-22-14-18(9-12-23(22)28)24(29)15-25-19(16-27)13-17-7-10-21(11-8-17)35(32,33)20-5-3-2-4-6-20/h2-12,14,19,24-29H,13,15-16H2,1H3/t19-,24-/m0/s1. The number of aliphatic hydroxyl groups excluding tert-OH is 2. The number of phenolic OH excluding ortho intramolecular Hbond substituents is 1. The molecule has 0 unspecified atom stereocenters. The van der Waals surface area contributed by atoms with Crippen LogP contribution in [0.15, 0.2) is 82.6 Å². The number of anilines is 1. The Balaban J connectivity index is 1.63. The molecule has 0 saturated carbocycles. The number of sulfone groups is 1. The second kappa shape index (κ2) is 11.2. The van der Waals surface area contributed by atoms with Crippen LogP contribution in [0.3, 0.4) is 0 Å². The zero-order valence-corrected chi connectivity index (χ0v) is 20.6. The van der Waals surface area contributed by atoms with Crippen LogP contribution in [0.4, 0.5) is 5.69 Å². The molecule has 0 heterocycles. The Morgan fingerprint density at radius 3 is 2.11 bits per heavy atom. The second-order valence-corrected chi connectivity index (χ2v) is 11.8. The van der Waals surface area contributed by atoms with Crippen molar-refractivity contribution in [1.29, 1.82) is 0 Å². The molecule has 0 aliphatic heterocycles. The minimum Gasteiger partial charge on any atom is -0.506 e. The van der Waals surface area contributed by atoms with Crippen molar-refractivity contribution >= 4 is 25.5 Å². The molecular formula is C24H28N2O7S2. The van der Waals surface area contributed by atoms with Crippen LogP contribution < -0.4 is 10.0 Å². The van der Waals surface area contributed by atoms with Gasteiger partial charge >= 0.3 is 0 Å². The summed E-state index contributed by atoms with van der Waals surface area (Å²) in [7, 11) is -7.23. The van der Waals surface area contributed by atoms with Gasteiger partial charge in [-0.3, -0.25) is 4.72 Å². The van der Waals surface area contributed by atoms with Crippen molar-refractivity contribution in [3.05, 3.63) is 83.9 Å². The van der Waals surface area contributed by atoms with E-state index >= 15 is 0 Å². The zero-order chi connectivity index (χ0) is 25.6. The summed E-state index contributed by atoms with van der Waals surface area (Å²) < 4.78 is 50.5. The number of aromatic hydroxyl groups is 1. The minimum atomic E-state index is -3.62. The van der Waals surface area contributed by atoms with Crippen molar-refractivity contribution in [2.45, 2.75) is 28.4 Å². The van der Waals surface area contributed by atoms with Crippen molar-refractivity contribution in [2.24, 2.45) is 0 Å². The van der Waals surface area contributed by atoms with E-state index in [4.69, 9.17) is 0 Å². The molecule has 3 rings (SSSR count). The molecule has 0 radical (unpaired) electrons. The molecule has 11 heteroatoms. The van der Waals surface area contributed by atoms with Crippen LogP contribution in [0.5, 0.6) is 5.75 Å². The van der Waals surface area contributed by atoms with Crippen LogP contribution in [-0.2, 0) is 26.3 Å². The number of sulfonamides is 1. The van der Waals surface area contributed by atoms with Crippen molar-refractivity contribution in [2.75, 3.05) is 24.1 Å². The van der Waals surface area contributed by atoms with Crippen LogP contribution in [-0.4, -0.2) is 57.6 Å². The molecule has 0 fully saturated rings. The smallest absolute Gasteiger partial charge is 0.229 e. The lowest BCUT2D eigenvalue weighted by Crippen LogP contribution is -2.37. The average Bonchev–Trinajstić information content (AvgIpc) is 2.83. The van der Waals surface area contributed by atoms with E-state index in [0.29, 0.717) is 12.0 Å². The maximum Gasteiger partial charge on any atom is 0.229 e. The first-order chi connectivity index (χ1) is 16.5. The largest absolute Gasteiger partial charge is 0.506 e. The van der Waals surface area contributed by atoms with E-state index in [1.54, 1.807) is 30.3 Å². The lowest BCUT2D eigenvalue weighted by atomic mass is 10.0. The van der Waals surface area contributed by atoms with E-state index in [0.717, 1.165) is 11.8 Å². The third kappa shape index (κ3) is 7.26. The van der Waals surface area contributed by atoms with Gasteiger partial charge in [-0.05, 0) is 53.9 Å². The third-order valence-corrected chi connectivity index (χ3v) is 7.67. The summed E-state index contributed by atoms with van der Waals surface area (Å²) in [6, 6.07) is 18.2. The first-order valence-corrected chi connectivity index (χ1v) is 14.1. The molecule has 9 nitrogen and oxygen atoms in total. The van der Waals surface area contributed by atoms with Crippen LogP contribution in [0.25, 0.3) is 0 Å². The maximum absolute atomic E-state index is 12.7. The van der Waals surface area contributed by atoms with Gasteiger partial charge in [0.15, 0.2) is 0 Å². The zero-order valence-electron chi connectivity index (χ0n) is 19.0. The maximum atomic E-state index is 12.7. The number of benzene rings is 3. The normalized spacial score (nSPS) is 13.8. The molecule has 0 amide bonds. The van der Waals surface area contributed by atoms with Crippen molar-refractivity contribution < 1.29 is 32.2 Å². The molecular weight excluding hydrogens is 492 g/mol. The van der Waals surface area contributed by atoms with Crippen molar-refractivity contribution in [3.8, 4) is 5.75 Å². The predicted molar refractivity (Wildman–Crippen MR) is 132 cm³/mol. The highest BCUT2D eigenvalue weighted by Gasteiger charge is 2.18. The first-order valence-electron chi connectivity index (χ1n) is 10.7. The van der Waals surface area contributed by atoms with Gasteiger partial charge in [-0.15, -0.1) is 0 Å². The first kappa shape index (κ1) is 26.6. The lowest BCUT2D eigenvalue weighted by Gasteiger charge is -2.20. The number of aliphatic hydroxyl groups is 2. The Labute approximate surface area is 205 Å². The van der Waals surface area contributed by atoms with E-state index < -0.39 is 32.0 Å². The topological polar surface area (TPSA) is 153 Å². The Hall–Kier alpha value is -2.96. The quantitative estimate of drug-likeness (QED) is 0.240. The third-order valence-electron chi connectivity index (χ3n) is 5.29. The minimum absolute atomic E-state index is 0.0479. The molecule has 0 aromatic heterocycles. The molecule has 0 spiro atoms. The van der Waals surface area contributed by atoms with E-state index in [-0.39, 0.29) is 34.4 Å². The Bertz CT molecular complexity index is 1340. The lowest BCUT2D eigenvalue weighted by molar-refractivity contribution is 0.158. The van der Waals surface area contributed by atoms with Gasteiger partial charge in [0.2, 0.25) is 19.9 Å². The Kier molecular flexibility index (Phi) is 8.51. The summed E-state index contributed by atoms with van der Waals surface area (Å²) in [6.07, 6.45) is 0.293. The molecule has 3 aromatic rings. The number of hydrogen-bond acceptors (Lipinski definition) is 8. The van der Waals surface area contributed by atoms with Gasteiger partial charge in [-0.25, -0.2) is 16.8 Å². The molecule has 0 bridgehead atoms. The van der Waals surface area contributed by atoms with Crippen LogP contribution in [0.1, 0.15) is 17.2 Å². The Morgan fingerprint density at radius 1 is 0.886 bits per heavy atom. The van der Waals surface area contributed by atoms with E-state index in [2.05, 4.69) is 10.0 Å². The predicted octanol–water partition coefficient (Wildman–Crippen LogP) is 1.82. The SMILES string of the molecule is CS(=O)(=O)Nc1cc([C@@H](O)CN[C@H](CO)Cc2ccc(S(=O)(=O)c3ccccc3)cc2)ccc1O. The summed E-state index contributed by atoms with van der Waals surface area (Å²) in [5.74, 6) is -0.273. The molecule has 3 aromatic carbocycles. The summed E-state index contributed by atoms with van der Waals surface area (Å²) in [6.45, 7) is -0.179. The number of nitrogens with one attached hydrogen (secondary N) is 2. The van der Waals surface area contributed by atoms with E-state index in [1.807, 2.05) is 0 Å². The summed E-state index contributed by atoms with van der Waals surface area (Å²) in [5, 5.41) is 33.2. The van der Waals surface area contributed by atoms with Gasteiger partial charge in [-0.2, -0.15) is 0 Å². The number of hydrogen-bond donors (Lipinski definition) is 5. The second-order valence-electron chi connectivity index (χ2n) is 8.12. The fourth-order valence-electron chi connectivity index (χ4n) is 3.46.